The van der Waals surface area contributed by atoms with Gasteiger partial charge in [0.1, 0.15) is 0 Å². The lowest BCUT2D eigenvalue weighted by molar-refractivity contribution is 1.07. The van der Waals surface area contributed by atoms with Gasteiger partial charge in [-0.3, -0.25) is 0 Å². The molecular weight excluding hydrogens is 414 g/mol. The van der Waals surface area contributed by atoms with Crippen LogP contribution >= 0.6 is 0 Å². The second-order valence-corrected chi connectivity index (χ2v) is 8.37. The molecule has 1 heterocycles. The standard InChI is InChI=1S/C31H23N3/c32-20-28-25-15-7-5-10-22(25)17-18-27(28)31-33-29(23-11-2-1-3-12-23)19-30(34-31)26-16-8-13-21-9-4-6-14-24(21)26/h1-19H,20,32H2. The molecule has 6 aromatic rings. The Balaban J connectivity index is 1.65. The number of nitrogens with two attached hydrogens (primary N) is 1. The van der Waals surface area contributed by atoms with E-state index in [1.165, 1.54) is 16.2 Å². The molecule has 0 radical (unpaired) electrons. The molecule has 5 aromatic carbocycles. The van der Waals surface area contributed by atoms with E-state index >= 15 is 0 Å². The smallest absolute Gasteiger partial charge is 0.160 e. The second kappa shape index (κ2) is 8.54. The predicted molar refractivity (Wildman–Crippen MR) is 141 cm³/mol. The molecule has 162 valence electrons. The van der Waals surface area contributed by atoms with E-state index in [4.69, 9.17) is 15.7 Å². The maximum absolute atomic E-state index is 6.27. The number of hydrogen-bond acceptors (Lipinski definition) is 3. The van der Waals surface area contributed by atoms with Crippen LogP contribution in [0, 0.1) is 0 Å². The first kappa shape index (κ1) is 20.3. The van der Waals surface area contributed by atoms with Gasteiger partial charge in [-0.2, -0.15) is 0 Å². The molecule has 0 spiro atoms. The van der Waals surface area contributed by atoms with E-state index in [-0.39, 0.29) is 0 Å². The third-order valence-corrected chi connectivity index (χ3v) is 6.35. The second-order valence-electron chi connectivity index (χ2n) is 8.37. The Hall–Kier alpha value is -4.34. The Labute approximate surface area is 198 Å². The molecule has 0 saturated heterocycles. The number of nitrogens with zero attached hydrogens (tertiary/aromatic N) is 2. The van der Waals surface area contributed by atoms with Crippen LogP contribution in [0.4, 0.5) is 0 Å². The van der Waals surface area contributed by atoms with Crippen LogP contribution in [0.15, 0.2) is 115 Å². The summed E-state index contributed by atoms with van der Waals surface area (Å²) >= 11 is 0. The highest BCUT2D eigenvalue weighted by Crippen LogP contribution is 2.34. The van der Waals surface area contributed by atoms with E-state index in [2.05, 4.69) is 84.9 Å². The van der Waals surface area contributed by atoms with Crippen molar-refractivity contribution < 1.29 is 0 Å². The zero-order valence-electron chi connectivity index (χ0n) is 18.6. The van der Waals surface area contributed by atoms with E-state index in [0.29, 0.717) is 12.4 Å². The van der Waals surface area contributed by atoms with E-state index < -0.39 is 0 Å². The molecule has 6 rings (SSSR count). The minimum absolute atomic E-state index is 0.416. The molecule has 0 atom stereocenters. The summed E-state index contributed by atoms with van der Waals surface area (Å²) in [4.78, 5) is 10.1. The molecule has 0 aliphatic heterocycles. The molecule has 1 aromatic heterocycles. The van der Waals surface area contributed by atoms with Gasteiger partial charge < -0.3 is 5.73 Å². The normalized spacial score (nSPS) is 11.2. The highest BCUT2D eigenvalue weighted by molar-refractivity contribution is 5.97. The van der Waals surface area contributed by atoms with Gasteiger partial charge in [-0.05, 0) is 33.2 Å². The van der Waals surface area contributed by atoms with Gasteiger partial charge in [0, 0.05) is 23.2 Å². The van der Waals surface area contributed by atoms with E-state index in [0.717, 1.165) is 39.0 Å². The molecule has 3 heteroatoms. The number of fused-ring (bicyclic) bond motifs is 2. The average Bonchev–Trinajstić information content (AvgIpc) is 2.92. The van der Waals surface area contributed by atoms with Crippen molar-refractivity contribution >= 4 is 21.5 Å². The topological polar surface area (TPSA) is 51.8 Å². The number of aromatic nitrogens is 2. The minimum Gasteiger partial charge on any atom is -0.326 e. The summed E-state index contributed by atoms with van der Waals surface area (Å²) in [7, 11) is 0. The number of rotatable bonds is 4. The molecular formula is C31H23N3. The van der Waals surface area contributed by atoms with Gasteiger partial charge in [0.25, 0.3) is 0 Å². The summed E-state index contributed by atoms with van der Waals surface area (Å²) in [6, 6.07) is 39.7. The first-order valence-corrected chi connectivity index (χ1v) is 11.5. The van der Waals surface area contributed by atoms with Crippen LogP contribution in [-0.2, 0) is 6.54 Å². The maximum atomic E-state index is 6.27. The van der Waals surface area contributed by atoms with Crippen molar-refractivity contribution in [3.8, 4) is 33.9 Å². The third-order valence-electron chi connectivity index (χ3n) is 6.35. The number of benzene rings is 5. The van der Waals surface area contributed by atoms with Crippen LogP contribution in [0.2, 0.25) is 0 Å². The fourth-order valence-electron chi connectivity index (χ4n) is 4.68. The van der Waals surface area contributed by atoms with Crippen LogP contribution in [0.5, 0.6) is 0 Å². The van der Waals surface area contributed by atoms with Crippen LogP contribution < -0.4 is 5.73 Å². The van der Waals surface area contributed by atoms with Gasteiger partial charge >= 0.3 is 0 Å². The Morgan fingerprint density at radius 3 is 1.97 bits per heavy atom. The Morgan fingerprint density at radius 2 is 1.18 bits per heavy atom. The van der Waals surface area contributed by atoms with E-state index in [1.54, 1.807) is 0 Å². The summed E-state index contributed by atoms with van der Waals surface area (Å²) in [6.45, 7) is 0.416. The maximum Gasteiger partial charge on any atom is 0.160 e. The molecule has 2 N–H and O–H groups in total. The molecule has 0 aliphatic carbocycles. The van der Waals surface area contributed by atoms with E-state index in [9.17, 15) is 0 Å². The van der Waals surface area contributed by atoms with Crippen molar-refractivity contribution in [3.63, 3.8) is 0 Å². The van der Waals surface area contributed by atoms with E-state index in [1.807, 2.05) is 30.3 Å². The van der Waals surface area contributed by atoms with Gasteiger partial charge in [0.2, 0.25) is 0 Å². The summed E-state index contributed by atoms with van der Waals surface area (Å²) in [5, 5.41) is 4.67. The minimum atomic E-state index is 0.416. The van der Waals surface area contributed by atoms with Crippen molar-refractivity contribution in [2.75, 3.05) is 0 Å². The Bertz CT molecular complexity index is 1630. The third kappa shape index (κ3) is 3.53. The molecule has 0 aliphatic rings. The molecule has 0 saturated carbocycles. The van der Waals surface area contributed by atoms with Gasteiger partial charge in [0.15, 0.2) is 5.82 Å². The Morgan fingerprint density at radius 1 is 0.529 bits per heavy atom. The van der Waals surface area contributed by atoms with Crippen molar-refractivity contribution in [2.45, 2.75) is 6.54 Å². The van der Waals surface area contributed by atoms with Crippen LogP contribution in [-0.4, -0.2) is 9.97 Å². The summed E-state index contributed by atoms with van der Waals surface area (Å²) < 4.78 is 0. The summed E-state index contributed by atoms with van der Waals surface area (Å²) in [5.74, 6) is 0.690. The first-order chi connectivity index (χ1) is 16.8. The number of hydrogen-bond donors (Lipinski definition) is 1. The van der Waals surface area contributed by atoms with Crippen LogP contribution in [0.25, 0.3) is 55.4 Å². The SMILES string of the molecule is NCc1c(-c2nc(-c3ccccc3)cc(-c3cccc4ccccc34)n2)ccc2ccccc12. The van der Waals surface area contributed by atoms with Crippen LogP contribution in [0.3, 0.4) is 0 Å². The summed E-state index contributed by atoms with van der Waals surface area (Å²) in [5.41, 5.74) is 12.2. The Kier molecular flexibility index (Phi) is 5.10. The molecule has 0 amide bonds. The highest BCUT2D eigenvalue weighted by atomic mass is 14.9. The quantitative estimate of drug-likeness (QED) is 0.316. The van der Waals surface area contributed by atoms with Crippen molar-refractivity contribution in [2.24, 2.45) is 5.73 Å². The van der Waals surface area contributed by atoms with Crippen molar-refractivity contribution in [1.82, 2.24) is 9.97 Å². The zero-order chi connectivity index (χ0) is 22.9. The fourth-order valence-corrected chi connectivity index (χ4v) is 4.68. The zero-order valence-corrected chi connectivity index (χ0v) is 18.6. The van der Waals surface area contributed by atoms with Crippen molar-refractivity contribution in [3.05, 3.63) is 121 Å². The highest BCUT2D eigenvalue weighted by Gasteiger charge is 2.15. The largest absolute Gasteiger partial charge is 0.326 e. The van der Waals surface area contributed by atoms with Crippen LogP contribution in [0.1, 0.15) is 5.56 Å². The van der Waals surface area contributed by atoms with Gasteiger partial charge in [0.05, 0.1) is 11.4 Å². The van der Waals surface area contributed by atoms with Gasteiger partial charge in [-0.25, -0.2) is 9.97 Å². The first-order valence-electron chi connectivity index (χ1n) is 11.5. The van der Waals surface area contributed by atoms with Gasteiger partial charge in [-0.15, -0.1) is 0 Å². The van der Waals surface area contributed by atoms with Gasteiger partial charge in [-0.1, -0.05) is 109 Å². The average molecular weight is 438 g/mol. The monoisotopic (exact) mass is 437 g/mol. The summed E-state index contributed by atoms with van der Waals surface area (Å²) in [6.07, 6.45) is 0. The molecule has 34 heavy (non-hydrogen) atoms. The molecule has 0 bridgehead atoms. The van der Waals surface area contributed by atoms with Crippen molar-refractivity contribution in [1.29, 1.82) is 0 Å². The molecule has 0 fully saturated rings. The predicted octanol–water partition coefficient (Wildman–Crippen LogP) is 7.24. The molecule has 0 unspecified atom stereocenters. The lowest BCUT2D eigenvalue weighted by Crippen LogP contribution is -2.03. The molecule has 3 nitrogen and oxygen atoms in total. The fraction of sp³-hybridized carbons (Fsp3) is 0.0323. The lowest BCUT2D eigenvalue weighted by atomic mass is 9.97. The lowest BCUT2D eigenvalue weighted by Gasteiger charge is -2.14.